The Bertz CT molecular complexity index is 967. The second kappa shape index (κ2) is 10.6. The van der Waals surface area contributed by atoms with Crippen molar-refractivity contribution in [1.29, 1.82) is 0 Å². The zero-order valence-corrected chi connectivity index (χ0v) is 20.6. The molecule has 6 nitrogen and oxygen atoms in total. The van der Waals surface area contributed by atoms with E-state index in [4.69, 9.17) is 21.1 Å². The molecule has 2 aromatic rings. The van der Waals surface area contributed by atoms with Crippen LogP contribution >= 0.6 is 23.4 Å². The number of amides is 1. The van der Waals surface area contributed by atoms with Gasteiger partial charge in [-0.1, -0.05) is 30.7 Å². The predicted molar refractivity (Wildman–Crippen MR) is 129 cm³/mol. The molecule has 0 bridgehead atoms. The fourth-order valence-corrected chi connectivity index (χ4v) is 5.38. The maximum Gasteiger partial charge on any atom is 0.303 e. The standard InChI is InChI=1S/C24H29ClN2O4S/c1-15(13-26(3)4)14-27-20-12-18(25)8-11-21(20)32-23(22(24(27)29)31-16(2)28)17-6-9-19(30-5)10-7-17/h6-12,15,22-23H,13-14H2,1-5H3/t15?,22-,23+/m0/s1. The molecule has 0 radical (unpaired) electrons. The molecular formula is C24H29ClN2O4S. The number of methoxy groups -OCH3 is 1. The van der Waals surface area contributed by atoms with Crippen LogP contribution in [0.5, 0.6) is 5.75 Å². The smallest absolute Gasteiger partial charge is 0.303 e. The van der Waals surface area contributed by atoms with Crippen LogP contribution in [0.3, 0.4) is 0 Å². The maximum atomic E-state index is 13.8. The van der Waals surface area contributed by atoms with Gasteiger partial charge in [0.25, 0.3) is 5.91 Å². The van der Waals surface area contributed by atoms with Gasteiger partial charge in [0.15, 0.2) is 6.10 Å². The van der Waals surface area contributed by atoms with E-state index in [1.807, 2.05) is 56.6 Å². The molecule has 0 N–H and O–H groups in total. The van der Waals surface area contributed by atoms with Gasteiger partial charge >= 0.3 is 5.97 Å². The zero-order valence-electron chi connectivity index (χ0n) is 19.0. The fourth-order valence-electron chi connectivity index (χ4n) is 3.91. The lowest BCUT2D eigenvalue weighted by Crippen LogP contribution is -2.45. The number of rotatable bonds is 7. The minimum atomic E-state index is -0.969. The number of anilines is 1. The molecule has 0 fully saturated rings. The van der Waals surface area contributed by atoms with Gasteiger partial charge in [-0.2, -0.15) is 0 Å². The summed E-state index contributed by atoms with van der Waals surface area (Å²) >= 11 is 7.82. The van der Waals surface area contributed by atoms with Crippen LogP contribution in [0.25, 0.3) is 0 Å². The van der Waals surface area contributed by atoms with Gasteiger partial charge in [-0.05, 0) is 55.9 Å². The summed E-state index contributed by atoms with van der Waals surface area (Å²) in [5.41, 5.74) is 1.62. The summed E-state index contributed by atoms with van der Waals surface area (Å²) in [7, 11) is 5.61. The molecule has 0 saturated heterocycles. The molecule has 32 heavy (non-hydrogen) atoms. The lowest BCUT2D eigenvalue weighted by molar-refractivity contribution is -0.152. The average molecular weight is 477 g/mol. The number of hydrogen-bond donors (Lipinski definition) is 0. The van der Waals surface area contributed by atoms with Gasteiger partial charge in [0.2, 0.25) is 0 Å². The summed E-state index contributed by atoms with van der Waals surface area (Å²) in [5, 5.41) is 0.140. The average Bonchev–Trinajstić information content (AvgIpc) is 2.83. The molecule has 172 valence electrons. The Labute approximate surface area is 198 Å². The zero-order chi connectivity index (χ0) is 23.4. The Kier molecular flexibility index (Phi) is 8.09. The first-order valence-electron chi connectivity index (χ1n) is 10.4. The van der Waals surface area contributed by atoms with E-state index in [0.29, 0.717) is 17.3 Å². The Morgan fingerprint density at radius 2 is 1.91 bits per heavy atom. The van der Waals surface area contributed by atoms with E-state index in [-0.39, 0.29) is 11.8 Å². The van der Waals surface area contributed by atoms with Crippen molar-refractivity contribution in [2.75, 3.05) is 39.2 Å². The molecule has 1 aliphatic rings. The highest BCUT2D eigenvalue weighted by molar-refractivity contribution is 7.99. The monoisotopic (exact) mass is 476 g/mol. The highest BCUT2D eigenvalue weighted by Crippen LogP contribution is 2.47. The van der Waals surface area contributed by atoms with Gasteiger partial charge in [-0.15, -0.1) is 11.8 Å². The molecule has 0 aliphatic carbocycles. The van der Waals surface area contributed by atoms with Crippen LogP contribution in [-0.4, -0.2) is 57.2 Å². The molecule has 1 aliphatic heterocycles. The molecule has 0 spiro atoms. The van der Waals surface area contributed by atoms with Gasteiger partial charge < -0.3 is 19.3 Å². The Balaban J connectivity index is 2.08. The van der Waals surface area contributed by atoms with Crippen LogP contribution in [0.4, 0.5) is 5.69 Å². The predicted octanol–water partition coefficient (Wildman–Crippen LogP) is 4.66. The molecule has 3 rings (SSSR count). The van der Waals surface area contributed by atoms with Gasteiger partial charge in [0.05, 0.1) is 18.0 Å². The van der Waals surface area contributed by atoms with Crippen molar-refractivity contribution in [2.45, 2.75) is 30.1 Å². The van der Waals surface area contributed by atoms with E-state index in [2.05, 4.69) is 11.8 Å². The number of carbonyl (C=O) groups is 2. The minimum absolute atomic E-state index is 0.196. The van der Waals surface area contributed by atoms with Crippen LogP contribution < -0.4 is 9.64 Å². The van der Waals surface area contributed by atoms with Crippen LogP contribution in [0.2, 0.25) is 5.02 Å². The third-order valence-corrected chi connectivity index (χ3v) is 6.77. The summed E-state index contributed by atoms with van der Waals surface area (Å²) in [6, 6.07) is 13.0. The molecule has 3 atom stereocenters. The maximum absolute atomic E-state index is 13.8. The third-order valence-electron chi connectivity index (χ3n) is 5.16. The highest BCUT2D eigenvalue weighted by Gasteiger charge is 2.41. The third kappa shape index (κ3) is 5.77. The lowest BCUT2D eigenvalue weighted by atomic mass is 10.0. The van der Waals surface area contributed by atoms with E-state index in [1.165, 1.54) is 18.7 Å². The van der Waals surface area contributed by atoms with Crippen molar-refractivity contribution in [2.24, 2.45) is 5.92 Å². The number of esters is 1. The summed E-state index contributed by atoms with van der Waals surface area (Å²) in [6.07, 6.45) is -0.969. The lowest BCUT2D eigenvalue weighted by Gasteiger charge is -2.30. The Morgan fingerprint density at radius 1 is 1.22 bits per heavy atom. The number of thioether (sulfide) groups is 1. The van der Waals surface area contributed by atoms with E-state index < -0.39 is 17.3 Å². The summed E-state index contributed by atoms with van der Waals surface area (Å²) in [4.78, 5) is 30.6. The highest BCUT2D eigenvalue weighted by atomic mass is 35.5. The number of benzene rings is 2. The molecule has 1 heterocycles. The van der Waals surface area contributed by atoms with Gasteiger partial charge in [0, 0.05) is 29.9 Å². The molecule has 1 amide bonds. The van der Waals surface area contributed by atoms with Crippen molar-refractivity contribution < 1.29 is 19.1 Å². The summed E-state index contributed by atoms with van der Waals surface area (Å²) in [5.74, 6) is 0.170. The molecular weight excluding hydrogens is 448 g/mol. The summed E-state index contributed by atoms with van der Waals surface area (Å²) < 4.78 is 10.9. The van der Waals surface area contributed by atoms with Crippen molar-refractivity contribution in [3.63, 3.8) is 0 Å². The number of nitrogens with zero attached hydrogens (tertiary/aromatic N) is 2. The van der Waals surface area contributed by atoms with E-state index in [9.17, 15) is 9.59 Å². The van der Waals surface area contributed by atoms with Gasteiger partial charge in [-0.25, -0.2) is 0 Å². The number of fused-ring (bicyclic) bond motifs is 1. The molecule has 0 saturated carbocycles. The number of ether oxygens (including phenoxy) is 2. The first-order valence-corrected chi connectivity index (χ1v) is 11.7. The fraction of sp³-hybridized carbons (Fsp3) is 0.417. The Morgan fingerprint density at radius 3 is 2.50 bits per heavy atom. The van der Waals surface area contributed by atoms with Gasteiger partial charge in [0.1, 0.15) is 5.75 Å². The second-order valence-electron chi connectivity index (χ2n) is 8.27. The van der Waals surface area contributed by atoms with Crippen molar-refractivity contribution in [3.8, 4) is 5.75 Å². The SMILES string of the molecule is COc1ccc([C@H]2Sc3ccc(Cl)cc3N(CC(C)CN(C)C)C(=O)[C@H]2OC(C)=O)cc1. The number of halogens is 1. The van der Waals surface area contributed by atoms with Crippen LogP contribution in [0, 0.1) is 5.92 Å². The van der Waals surface area contributed by atoms with Crippen LogP contribution in [0.1, 0.15) is 24.7 Å². The van der Waals surface area contributed by atoms with Crippen molar-refractivity contribution >= 4 is 40.9 Å². The van der Waals surface area contributed by atoms with Gasteiger partial charge in [-0.3, -0.25) is 9.59 Å². The summed E-state index contributed by atoms with van der Waals surface area (Å²) in [6.45, 7) is 4.72. The van der Waals surface area contributed by atoms with E-state index in [1.54, 1.807) is 12.0 Å². The second-order valence-corrected chi connectivity index (χ2v) is 9.89. The topological polar surface area (TPSA) is 59.1 Å². The first-order chi connectivity index (χ1) is 15.2. The van der Waals surface area contributed by atoms with E-state index in [0.717, 1.165) is 22.7 Å². The normalized spacial score (nSPS) is 19.3. The molecule has 1 unspecified atom stereocenters. The van der Waals surface area contributed by atoms with Crippen molar-refractivity contribution in [1.82, 2.24) is 4.90 Å². The number of carbonyl (C=O) groups excluding carboxylic acids is 2. The van der Waals surface area contributed by atoms with Crippen LogP contribution in [0.15, 0.2) is 47.4 Å². The first kappa shape index (κ1) is 24.4. The molecule has 8 heteroatoms. The minimum Gasteiger partial charge on any atom is -0.497 e. The molecule has 0 aromatic heterocycles. The molecule has 2 aromatic carbocycles. The van der Waals surface area contributed by atoms with Crippen LogP contribution in [-0.2, 0) is 14.3 Å². The van der Waals surface area contributed by atoms with Crippen molar-refractivity contribution in [3.05, 3.63) is 53.1 Å². The Hall–Kier alpha value is -2.22. The van der Waals surface area contributed by atoms with E-state index >= 15 is 0 Å². The largest absolute Gasteiger partial charge is 0.497 e. The quantitative estimate of drug-likeness (QED) is 0.542. The number of hydrogen-bond acceptors (Lipinski definition) is 6.